The average molecular weight is 274 g/mol. The lowest BCUT2D eigenvalue weighted by Crippen LogP contribution is -2.41. The zero-order valence-corrected chi connectivity index (χ0v) is 12.1. The van der Waals surface area contributed by atoms with Crippen LogP contribution in [-0.2, 0) is 6.42 Å². The fourth-order valence-electron chi connectivity index (χ4n) is 1.74. The molecule has 5 heteroatoms. The number of aromatic nitrogens is 1. The minimum atomic E-state index is 0.271. The molecule has 0 saturated carbocycles. The van der Waals surface area contributed by atoms with E-state index in [0.29, 0.717) is 5.25 Å². The van der Waals surface area contributed by atoms with Gasteiger partial charge >= 0.3 is 0 Å². The van der Waals surface area contributed by atoms with Crippen molar-refractivity contribution in [2.24, 2.45) is 5.73 Å². The van der Waals surface area contributed by atoms with E-state index in [0.717, 1.165) is 16.9 Å². The molecule has 1 saturated heterocycles. The van der Waals surface area contributed by atoms with E-state index in [4.69, 9.17) is 5.73 Å². The van der Waals surface area contributed by atoms with E-state index in [1.807, 2.05) is 11.7 Å². The van der Waals surface area contributed by atoms with Crippen molar-refractivity contribution in [2.45, 2.75) is 42.1 Å². The van der Waals surface area contributed by atoms with Gasteiger partial charge in [0.05, 0.1) is 5.51 Å². The first-order valence-corrected chi connectivity index (χ1v) is 8.44. The van der Waals surface area contributed by atoms with Crippen LogP contribution < -0.4 is 5.73 Å². The van der Waals surface area contributed by atoms with Crippen LogP contribution in [0.25, 0.3) is 0 Å². The van der Waals surface area contributed by atoms with Gasteiger partial charge in [-0.15, -0.1) is 11.3 Å². The number of hydrogen-bond donors (Lipinski definition) is 1. The van der Waals surface area contributed by atoms with Crippen LogP contribution in [0.1, 0.15) is 18.7 Å². The molecule has 1 aliphatic heterocycles. The molecule has 90 valence electrons. The summed E-state index contributed by atoms with van der Waals surface area (Å²) in [5.74, 6) is 1.19. The zero-order chi connectivity index (χ0) is 11.5. The van der Waals surface area contributed by atoms with E-state index in [1.54, 1.807) is 11.3 Å². The van der Waals surface area contributed by atoms with Crippen LogP contribution in [0.4, 0.5) is 0 Å². The molecule has 0 radical (unpaired) electrons. The molecule has 0 spiro atoms. The van der Waals surface area contributed by atoms with Gasteiger partial charge in [0.25, 0.3) is 0 Å². The molecular weight excluding hydrogens is 256 g/mol. The highest BCUT2D eigenvalue weighted by Gasteiger charge is 2.29. The van der Waals surface area contributed by atoms with Crippen LogP contribution in [0.15, 0.2) is 11.7 Å². The lowest BCUT2D eigenvalue weighted by Gasteiger charge is -2.34. The average Bonchev–Trinajstić information content (AvgIpc) is 2.74. The van der Waals surface area contributed by atoms with Gasteiger partial charge < -0.3 is 5.73 Å². The number of rotatable bonds is 3. The standard InChI is InChI=1S/C11H18N2S3/c1-7-8(2)16-11(5-14-7)10(12)3-9-4-13-6-15-9/h4,6-8,10-11H,3,5,12H2,1-2H3. The molecule has 16 heavy (non-hydrogen) atoms. The monoisotopic (exact) mass is 274 g/mol. The number of nitrogens with zero attached hydrogens (tertiary/aromatic N) is 1. The quantitative estimate of drug-likeness (QED) is 0.920. The first-order valence-electron chi connectivity index (χ1n) is 5.57. The predicted octanol–water partition coefficient (Wildman–Crippen LogP) is 2.64. The molecule has 0 amide bonds. The smallest absolute Gasteiger partial charge is 0.0794 e. The summed E-state index contributed by atoms with van der Waals surface area (Å²) in [6.45, 7) is 4.63. The van der Waals surface area contributed by atoms with Crippen molar-refractivity contribution in [3.8, 4) is 0 Å². The fraction of sp³-hybridized carbons (Fsp3) is 0.727. The SMILES string of the molecule is CC1SCC(C(N)Cc2cncs2)SC1C. The van der Waals surface area contributed by atoms with Crippen molar-refractivity contribution < 1.29 is 0 Å². The minimum Gasteiger partial charge on any atom is -0.326 e. The van der Waals surface area contributed by atoms with Gasteiger partial charge in [-0.25, -0.2) is 0 Å². The molecule has 2 nitrogen and oxygen atoms in total. The van der Waals surface area contributed by atoms with Crippen LogP contribution in [0.2, 0.25) is 0 Å². The van der Waals surface area contributed by atoms with Gasteiger partial charge in [0.1, 0.15) is 0 Å². The molecule has 1 aromatic heterocycles. The predicted molar refractivity (Wildman–Crippen MR) is 76.6 cm³/mol. The van der Waals surface area contributed by atoms with Crippen LogP contribution in [-0.4, -0.2) is 32.5 Å². The van der Waals surface area contributed by atoms with Crippen molar-refractivity contribution in [3.05, 3.63) is 16.6 Å². The topological polar surface area (TPSA) is 38.9 Å². The Labute approximate surface area is 110 Å². The summed E-state index contributed by atoms with van der Waals surface area (Å²) in [6, 6.07) is 0.271. The highest BCUT2D eigenvalue weighted by Crippen LogP contribution is 2.37. The molecule has 2 N–H and O–H groups in total. The summed E-state index contributed by atoms with van der Waals surface area (Å²) < 4.78 is 0. The van der Waals surface area contributed by atoms with E-state index in [1.165, 1.54) is 10.6 Å². The highest BCUT2D eigenvalue weighted by atomic mass is 32.2. The van der Waals surface area contributed by atoms with Crippen molar-refractivity contribution >= 4 is 34.9 Å². The van der Waals surface area contributed by atoms with E-state index in [-0.39, 0.29) is 6.04 Å². The molecule has 0 aliphatic carbocycles. The zero-order valence-electron chi connectivity index (χ0n) is 9.63. The van der Waals surface area contributed by atoms with Crippen molar-refractivity contribution in [1.82, 2.24) is 4.98 Å². The summed E-state index contributed by atoms with van der Waals surface area (Å²) in [6.07, 6.45) is 2.92. The Kier molecular flexibility index (Phi) is 4.58. The maximum absolute atomic E-state index is 6.29. The minimum absolute atomic E-state index is 0.271. The first-order chi connectivity index (χ1) is 7.66. The van der Waals surface area contributed by atoms with Gasteiger partial charge in [-0.3, -0.25) is 4.98 Å². The third kappa shape index (κ3) is 3.15. The summed E-state index contributed by atoms with van der Waals surface area (Å²) in [5.41, 5.74) is 8.18. The Morgan fingerprint density at radius 1 is 1.50 bits per heavy atom. The third-order valence-electron chi connectivity index (χ3n) is 2.97. The summed E-state index contributed by atoms with van der Waals surface area (Å²) in [4.78, 5) is 5.41. The van der Waals surface area contributed by atoms with Crippen molar-refractivity contribution in [2.75, 3.05) is 5.75 Å². The Morgan fingerprint density at radius 3 is 2.94 bits per heavy atom. The second kappa shape index (κ2) is 5.76. The lowest BCUT2D eigenvalue weighted by molar-refractivity contribution is 0.661. The molecule has 1 aliphatic rings. The van der Waals surface area contributed by atoms with Crippen LogP contribution in [0.3, 0.4) is 0 Å². The molecular formula is C11H18N2S3. The van der Waals surface area contributed by atoms with E-state index in [9.17, 15) is 0 Å². The normalized spacial score (nSPS) is 32.6. The second-order valence-electron chi connectivity index (χ2n) is 4.25. The van der Waals surface area contributed by atoms with Gasteiger partial charge in [-0.05, 0) is 6.42 Å². The third-order valence-corrected chi connectivity index (χ3v) is 7.35. The summed E-state index contributed by atoms with van der Waals surface area (Å²) >= 11 is 5.83. The molecule has 2 heterocycles. The second-order valence-corrected chi connectivity index (χ2v) is 8.26. The van der Waals surface area contributed by atoms with Crippen molar-refractivity contribution in [1.29, 1.82) is 0 Å². The molecule has 4 unspecified atom stereocenters. The van der Waals surface area contributed by atoms with Gasteiger partial charge in [-0.1, -0.05) is 13.8 Å². The van der Waals surface area contributed by atoms with Crippen molar-refractivity contribution in [3.63, 3.8) is 0 Å². The molecule has 1 aromatic rings. The number of hydrogen-bond acceptors (Lipinski definition) is 5. The summed E-state index contributed by atoms with van der Waals surface area (Å²) in [5, 5.41) is 2.08. The molecule has 1 fully saturated rings. The maximum Gasteiger partial charge on any atom is 0.0794 e. The maximum atomic E-state index is 6.29. The number of nitrogens with two attached hydrogens (primary N) is 1. The van der Waals surface area contributed by atoms with Crippen LogP contribution in [0.5, 0.6) is 0 Å². The Morgan fingerprint density at radius 2 is 2.31 bits per heavy atom. The van der Waals surface area contributed by atoms with Gasteiger partial charge in [0.2, 0.25) is 0 Å². The molecule has 2 rings (SSSR count). The Balaban J connectivity index is 1.88. The molecule has 4 atom stereocenters. The molecule has 0 aromatic carbocycles. The van der Waals surface area contributed by atoms with Gasteiger partial charge in [0, 0.05) is 38.6 Å². The molecule has 0 bridgehead atoms. The number of thioether (sulfide) groups is 2. The van der Waals surface area contributed by atoms with E-state index >= 15 is 0 Å². The lowest BCUT2D eigenvalue weighted by atomic mass is 10.1. The van der Waals surface area contributed by atoms with Crippen LogP contribution in [0, 0.1) is 0 Å². The summed E-state index contributed by atoms with van der Waals surface area (Å²) in [7, 11) is 0. The van der Waals surface area contributed by atoms with E-state index in [2.05, 4.69) is 42.4 Å². The largest absolute Gasteiger partial charge is 0.326 e. The van der Waals surface area contributed by atoms with E-state index < -0.39 is 0 Å². The Hall–Kier alpha value is 0.290. The fourth-order valence-corrected chi connectivity index (χ4v) is 5.47. The highest BCUT2D eigenvalue weighted by molar-refractivity contribution is 8.07. The van der Waals surface area contributed by atoms with Crippen LogP contribution >= 0.6 is 34.9 Å². The van der Waals surface area contributed by atoms with Gasteiger partial charge in [-0.2, -0.15) is 23.5 Å². The van der Waals surface area contributed by atoms with Gasteiger partial charge in [0.15, 0.2) is 0 Å². The first kappa shape index (κ1) is 12.7. The Bertz CT molecular complexity index is 315. The number of thiazole rings is 1.